The van der Waals surface area contributed by atoms with E-state index in [4.69, 9.17) is 5.10 Å². The van der Waals surface area contributed by atoms with E-state index < -0.39 is 10.0 Å². The molecule has 0 unspecified atom stereocenters. The highest BCUT2D eigenvalue weighted by atomic mass is 32.2. The first kappa shape index (κ1) is 21.3. The van der Waals surface area contributed by atoms with Gasteiger partial charge in [-0.25, -0.2) is 8.42 Å². The molecule has 3 aromatic heterocycles. The first-order valence-corrected chi connectivity index (χ1v) is 12.7. The molecule has 0 spiro atoms. The molecule has 0 fully saturated rings. The van der Waals surface area contributed by atoms with Crippen molar-refractivity contribution in [1.29, 1.82) is 0 Å². The number of nitrogens with one attached hydrogen (secondary N) is 1. The quantitative estimate of drug-likeness (QED) is 0.375. The molecule has 0 radical (unpaired) electrons. The molecule has 5 rings (SSSR count). The second-order valence-electron chi connectivity index (χ2n) is 7.88. The zero-order valence-electron chi connectivity index (χ0n) is 18.3. The minimum Gasteiger partial charge on any atom is -0.280 e. The van der Waals surface area contributed by atoms with Crippen LogP contribution in [0.15, 0.2) is 70.9 Å². The van der Waals surface area contributed by atoms with Crippen molar-refractivity contribution < 1.29 is 8.42 Å². The summed E-state index contributed by atoms with van der Waals surface area (Å²) in [5.41, 5.74) is 5.28. The number of sulfonamides is 1. The Balaban J connectivity index is 1.50. The van der Waals surface area contributed by atoms with E-state index in [0.717, 1.165) is 21.6 Å². The van der Waals surface area contributed by atoms with Gasteiger partial charge < -0.3 is 0 Å². The molecule has 166 valence electrons. The molecule has 3 heterocycles. The molecule has 0 saturated carbocycles. The van der Waals surface area contributed by atoms with Crippen LogP contribution in [0.4, 0.5) is 5.69 Å². The van der Waals surface area contributed by atoms with Gasteiger partial charge in [0.1, 0.15) is 0 Å². The molecule has 0 atom stereocenters. The number of fused-ring (bicyclic) bond motifs is 1. The standard InChI is InChI=1S/C24H21N5O2S2/c1-15-12-17(3)22(13-16(15)2)33(30,31)28-19-7-4-6-18(14-19)20-9-10-23-25-26-24(29(23)27-20)21-8-5-11-32-21/h4-14,28H,1-3H3. The Morgan fingerprint density at radius 2 is 1.70 bits per heavy atom. The zero-order chi connectivity index (χ0) is 23.2. The van der Waals surface area contributed by atoms with Crippen molar-refractivity contribution in [3.63, 3.8) is 0 Å². The molecule has 33 heavy (non-hydrogen) atoms. The lowest BCUT2D eigenvalue weighted by atomic mass is 10.1. The average Bonchev–Trinajstić information content (AvgIpc) is 3.45. The molecule has 0 aliphatic carbocycles. The lowest BCUT2D eigenvalue weighted by Crippen LogP contribution is -2.14. The van der Waals surface area contributed by atoms with Gasteiger partial charge in [0, 0.05) is 11.3 Å². The highest BCUT2D eigenvalue weighted by molar-refractivity contribution is 7.92. The second kappa shape index (κ2) is 8.09. The van der Waals surface area contributed by atoms with Gasteiger partial charge in [0.15, 0.2) is 11.5 Å². The molecular weight excluding hydrogens is 454 g/mol. The van der Waals surface area contributed by atoms with Crippen molar-refractivity contribution in [3.8, 4) is 22.0 Å². The summed E-state index contributed by atoms with van der Waals surface area (Å²) in [6.07, 6.45) is 0. The van der Waals surface area contributed by atoms with Crippen molar-refractivity contribution in [3.05, 3.63) is 82.7 Å². The van der Waals surface area contributed by atoms with E-state index in [2.05, 4.69) is 14.9 Å². The maximum atomic E-state index is 13.1. The number of nitrogens with zero attached hydrogens (tertiary/aromatic N) is 4. The van der Waals surface area contributed by atoms with Crippen LogP contribution >= 0.6 is 11.3 Å². The maximum absolute atomic E-state index is 13.1. The van der Waals surface area contributed by atoms with Crippen LogP contribution in [0.2, 0.25) is 0 Å². The average molecular weight is 476 g/mol. The summed E-state index contributed by atoms with van der Waals surface area (Å²) < 4.78 is 30.6. The van der Waals surface area contributed by atoms with Crippen molar-refractivity contribution in [2.75, 3.05) is 4.72 Å². The summed E-state index contributed by atoms with van der Waals surface area (Å²) in [5.74, 6) is 0.670. The van der Waals surface area contributed by atoms with Crippen molar-refractivity contribution in [1.82, 2.24) is 19.8 Å². The zero-order valence-corrected chi connectivity index (χ0v) is 19.9. The fourth-order valence-corrected chi connectivity index (χ4v) is 5.73. The number of benzene rings is 2. The van der Waals surface area contributed by atoms with E-state index in [-0.39, 0.29) is 4.90 Å². The summed E-state index contributed by atoms with van der Waals surface area (Å²) in [7, 11) is -3.74. The van der Waals surface area contributed by atoms with E-state index in [1.807, 2.05) is 55.6 Å². The molecule has 0 aliphatic rings. The van der Waals surface area contributed by atoms with Crippen LogP contribution in [0.1, 0.15) is 16.7 Å². The Morgan fingerprint density at radius 3 is 2.48 bits per heavy atom. The van der Waals surface area contributed by atoms with Crippen molar-refractivity contribution in [2.24, 2.45) is 0 Å². The largest absolute Gasteiger partial charge is 0.280 e. The predicted molar refractivity (Wildman–Crippen MR) is 131 cm³/mol. The van der Waals surface area contributed by atoms with E-state index in [9.17, 15) is 8.42 Å². The Kier molecular flexibility index (Phi) is 5.22. The van der Waals surface area contributed by atoms with Gasteiger partial charge in [-0.3, -0.25) is 4.72 Å². The van der Waals surface area contributed by atoms with Crippen molar-refractivity contribution >= 4 is 32.7 Å². The Morgan fingerprint density at radius 1 is 0.879 bits per heavy atom. The highest BCUT2D eigenvalue weighted by Crippen LogP contribution is 2.27. The highest BCUT2D eigenvalue weighted by Gasteiger charge is 2.19. The Hall–Kier alpha value is -3.56. The van der Waals surface area contributed by atoms with Crippen molar-refractivity contribution in [2.45, 2.75) is 25.7 Å². The van der Waals surface area contributed by atoms with Crippen LogP contribution in [-0.4, -0.2) is 28.2 Å². The van der Waals surface area contributed by atoms with Crippen LogP contribution in [0, 0.1) is 20.8 Å². The molecular formula is C24H21N5O2S2. The van der Waals surface area contributed by atoms with Gasteiger partial charge in [-0.05, 0) is 79.2 Å². The van der Waals surface area contributed by atoms with Gasteiger partial charge in [0.05, 0.1) is 15.5 Å². The van der Waals surface area contributed by atoms with E-state index in [0.29, 0.717) is 28.4 Å². The third-order valence-electron chi connectivity index (χ3n) is 5.50. The summed E-state index contributed by atoms with van der Waals surface area (Å²) >= 11 is 1.57. The fourth-order valence-electron chi connectivity index (χ4n) is 3.68. The van der Waals surface area contributed by atoms with Gasteiger partial charge in [-0.2, -0.15) is 9.61 Å². The molecule has 1 N–H and O–H groups in total. The molecule has 0 aliphatic heterocycles. The Labute approximate surface area is 195 Å². The molecule has 0 bridgehead atoms. The first-order chi connectivity index (χ1) is 15.8. The summed E-state index contributed by atoms with van der Waals surface area (Å²) in [6, 6.07) is 18.4. The summed E-state index contributed by atoms with van der Waals surface area (Å²) in [5, 5.41) is 15.2. The smallest absolute Gasteiger partial charge is 0.262 e. The normalized spacial score (nSPS) is 11.7. The van der Waals surface area contributed by atoms with E-state index in [1.165, 1.54) is 0 Å². The fraction of sp³-hybridized carbons (Fsp3) is 0.125. The number of hydrogen-bond donors (Lipinski definition) is 1. The van der Waals surface area contributed by atoms with Gasteiger partial charge in [0.25, 0.3) is 10.0 Å². The number of rotatable bonds is 5. The summed E-state index contributed by atoms with van der Waals surface area (Å²) in [4.78, 5) is 1.25. The number of thiophene rings is 1. The molecule has 9 heteroatoms. The Bertz CT molecular complexity index is 1590. The van der Waals surface area contributed by atoms with Gasteiger partial charge in [-0.15, -0.1) is 21.5 Å². The van der Waals surface area contributed by atoms with Crippen LogP contribution in [-0.2, 0) is 10.0 Å². The van der Waals surface area contributed by atoms with Crippen LogP contribution in [0.25, 0.3) is 27.6 Å². The van der Waals surface area contributed by atoms with E-state index >= 15 is 0 Å². The monoisotopic (exact) mass is 475 g/mol. The van der Waals surface area contributed by atoms with Gasteiger partial charge >= 0.3 is 0 Å². The molecule has 5 aromatic rings. The van der Waals surface area contributed by atoms with Gasteiger partial charge in [-0.1, -0.05) is 24.3 Å². The van der Waals surface area contributed by atoms with Crippen LogP contribution in [0.5, 0.6) is 0 Å². The predicted octanol–water partition coefficient (Wildman–Crippen LogP) is 5.25. The van der Waals surface area contributed by atoms with Gasteiger partial charge in [0.2, 0.25) is 0 Å². The minimum atomic E-state index is -3.74. The molecule has 7 nitrogen and oxygen atoms in total. The lowest BCUT2D eigenvalue weighted by molar-refractivity contribution is 0.600. The maximum Gasteiger partial charge on any atom is 0.262 e. The minimum absolute atomic E-state index is 0.278. The molecule has 0 amide bonds. The second-order valence-corrected chi connectivity index (χ2v) is 10.5. The molecule has 2 aromatic carbocycles. The lowest BCUT2D eigenvalue weighted by Gasteiger charge is -2.13. The van der Waals surface area contributed by atoms with Crippen LogP contribution in [0.3, 0.4) is 0 Å². The number of anilines is 1. The topological polar surface area (TPSA) is 89.2 Å². The number of aryl methyl sites for hydroxylation is 3. The molecule has 0 saturated heterocycles. The summed E-state index contributed by atoms with van der Waals surface area (Å²) in [6.45, 7) is 5.69. The van der Waals surface area contributed by atoms with E-state index in [1.54, 1.807) is 47.0 Å². The number of aromatic nitrogens is 4. The SMILES string of the molecule is Cc1cc(C)c(S(=O)(=O)Nc2cccc(-c3ccc4nnc(-c5cccs5)n4n3)c2)cc1C. The number of hydrogen-bond acceptors (Lipinski definition) is 6. The first-order valence-electron chi connectivity index (χ1n) is 10.3. The third kappa shape index (κ3) is 4.01. The van der Waals surface area contributed by atoms with Crippen LogP contribution < -0.4 is 4.72 Å². The third-order valence-corrected chi connectivity index (χ3v) is 7.88.